The van der Waals surface area contributed by atoms with Gasteiger partial charge in [-0.25, -0.2) is 4.79 Å². The van der Waals surface area contributed by atoms with Gasteiger partial charge in [0.1, 0.15) is 5.84 Å². The first-order valence-electron chi connectivity index (χ1n) is 4.64. The molecule has 0 aromatic heterocycles. The van der Waals surface area contributed by atoms with Gasteiger partial charge in [0, 0.05) is 26.1 Å². The van der Waals surface area contributed by atoms with Crippen LogP contribution in [0.2, 0.25) is 0 Å². The third-order valence-corrected chi connectivity index (χ3v) is 1.76. The maximum absolute atomic E-state index is 11.3. The van der Waals surface area contributed by atoms with E-state index in [1.165, 1.54) is 0 Å². The quantitative estimate of drug-likeness (QED) is 0.257. The van der Waals surface area contributed by atoms with Crippen molar-refractivity contribution in [3.05, 3.63) is 0 Å². The molecule has 0 saturated carbocycles. The summed E-state index contributed by atoms with van der Waals surface area (Å²) in [7, 11) is 0. The van der Waals surface area contributed by atoms with Crippen molar-refractivity contribution in [2.24, 2.45) is 10.9 Å². The monoisotopic (exact) mass is 202 g/mol. The third-order valence-electron chi connectivity index (χ3n) is 1.76. The van der Waals surface area contributed by atoms with Gasteiger partial charge in [-0.05, 0) is 13.8 Å². The first-order valence-corrected chi connectivity index (χ1v) is 4.64. The second kappa shape index (κ2) is 6.99. The number of urea groups is 1. The van der Waals surface area contributed by atoms with E-state index >= 15 is 0 Å². The molecule has 2 amide bonds. The summed E-state index contributed by atoms with van der Waals surface area (Å²) in [5, 5.41) is 13.8. The van der Waals surface area contributed by atoms with Gasteiger partial charge in [-0.1, -0.05) is 5.16 Å². The van der Waals surface area contributed by atoms with Gasteiger partial charge in [0.05, 0.1) is 0 Å². The third kappa shape index (κ3) is 4.54. The number of hydrogen-bond donors (Lipinski definition) is 3. The Labute approximate surface area is 83.7 Å². The fourth-order valence-corrected chi connectivity index (χ4v) is 0.966. The van der Waals surface area contributed by atoms with E-state index < -0.39 is 0 Å². The number of rotatable bonds is 5. The minimum Gasteiger partial charge on any atom is -0.409 e. The topological polar surface area (TPSA) is 91.0 Å². The number of nitrogens with one attached hydrogen (secondary N) is 1. The van der Waals surface area contributed by atoms with Crippen LogP contribution in [0.4, 0.5) is 4.79 Å². The van der Waals surface area contributed by atoms with Crippen LogP contribution in [0.3, 0.4) is 0 Å². The van der Waals surface area contributed by atoms with E-state index in [2.05, 4.69) is 10.5 Å². The minimum absolute atomic E-state index is 0.124. The molecule has 0 spiro atoms. The van der Waals surface area contributed by atoms with Crippen molar-refractivity contribution in [3.63, 3.8) is 0 Å². The van der Waals surface area contributed by atoms with Gasteiger partial charge in [-0.15, -0.1) is 0 Å². The van der Waals surface area contributed by atoms with E-state index in [4.69, 9.17) is 10.9 Å². The van der Waals surface area contributed by atoms with E-state index in [1.54, 1.807) is 4.90 Å². The molecule has 4 N–H and O–H groups in total. The van der Waals surface area contributed by atoms with Crippen molar-refractivity contribution >= 4 is 11.9 Å². The SMILES string of the molecule is CCNC(=O)N(CC)CCC(N)=NO. The van der Waals surface area contributed by atoms with Crippen molar-refractivity contribution in [3.8, 4) is 0 Å². The van der Waals surface area contributed by atoms with Gasteiger partial charge in [-0.3, -0.25) is 0 Å². The number of oxime groups is 1. The Hall–Kier alpha value is -1.46. The van der Waals surface area contributed by atoms with Gasteiger partial charge < -0.3 is 21.2 Å². The van der Waals surface area contributed by atoms with Crippen molar-refractivity contribution in [2.75, 3.05) is 19.6 Å². The second-order valence-electron chi connectivity index (χ2n) is 2.76. The summed E-state index contributed by atoms with van der Waals surface area (Å²) < 4.78 is 0. The first-order chi connectivity index (χ1) is 6.65. The zero-order chi connectivity index (χ0) is 11.0. The number of amides is 2. The minimum atomic E-state index is -0.124. The van der Waals surface area contributed by atoms with Crippen LogP contribution in [0.25, 0.3) is 0 Å². The molecule has 0 aliphatic heterocycles. The predicted octanol–water partition coefficient (Wildman–Crippen LogP) is 0.174. The Bertz CT molecular complexity index is 206. The Kier molecular flexibility index (Phi) is 6.26. The molecule has 82 valence electrons. The highest BCUT2D eigenvalue weighted by atomic mass is 16.4. The Morgan fingerprint density at radius 3 is 2.64 bits per heavy atom. The van der Waals surface area contributed by atoms with E-state index in [0.29, 0.717) is 26.1 Å². The Morgan fingerprint density at radius 2 is 2.21 bits per heavy atom. The average molecular weight is 202 g/mol. The van der Waals surface area contributed by atoms with Gasteiger partial charge >= 0.3 is 6.03 Å². The van der Waals surface area contributed by atoms with Crippen LogP contribution in [-0.2, 0) is 0 Å². The molecular formula is C8H18N4O2. The standard InChI is InChI=1S/C8H18N4O2/c1-3-10-8(13)12(4-2)6-5-7(9)11-14/h14H,3-6H2,1-2H3,(H2,9,11)(H,10,13). The largest absolute Gasteiger partial charge is 0.409 e. The lowest BCUT2D eigenvalue weighted by Crippen LogP contribution is -2.41. The maximum Gasteiger partial charge on any atom is 0.317 e. The molecular weight excluding hydrogens is 184 g/mol. The van der Waals surface area contributed by atoms with E-state index in [9.17, 15) is 4.79 Å². The maximum atomic E-state index is 11.3. The van der Waals surface area contributed by atoms with Crippen molar-refractivity contribution in [1.29, 1.82) is 0 Å². The molecule has 0 aliphatic rings. The molecule has 6 nitrogen and oxygen atoms in total. The number of hydrogen-bond acceptors (Lipinski definition) is 3. The molecule has 0 atom stereocenters. The van der Waals surface area contributed by atoms with Crippen LogP contribution in [0.5, 0.6) is 0 Å². The summed E-state index contributed by atoms with van der Waals surface area (Å²) in [5.41, 5.74) is 5.29. The van der Waals surface area contributed by atoms with Crippen LogP contribution < -0.4 is 11.1 Å². The fraction of sp³-hybridized carbons (Fsp3) is 0.750. The first kappa shape index (κ1) is 12.5. The molecule has 0 aromatic carbocycles. The molecule has 0 saturated heterocycles. The van der Waals surface area contributed by atoms with Crippen LogP contribution >= 0.6 is 0 Å². The highest BCUT2D eigenvalue weighted by Gasteiger charge is 2.09. The molecule has 0 unspecified atom stereocenters. The van der Waals surface area contributed by atoms with Crippen molar-refractivity contribution in [1.82, 2.24) is 10.2 Å². The van der Waals surface area contributed by atoms with E-state index in [1.807, 2.05) is 13.8 Å². The van der Waals surface area contributed by atoms with Crippen molar-refractivity contribution in [2.45, 2.75) is 20.3 Å². The summed E-state index contributed by atoms with van der Waals surface area (Å²) in [4.78, 5) is 12.9. The summed E-state index contributed by atoms with van der Waals surface area (Å²) in [6, 6.07) is -0.124. The molecule has 0 bridgehead atoms. The molecule has 0 fully saturated rings. The summed E-state index contributed by atoms with van der Waals surface area (Å²) in [6.07, 6.45) is 0.376. The molecule has 6 heteroatoms. The normalized spacial score (nSPS) is 11.1. The number of amidine groups is 1. The predicted molar refractivity (Wildman–Crippen MR) is 54.3 cm³/mol. The zero-order valence-corrected chi connectivity index (χ0v) is 8.66. The van der Waals surface area contributed by atoms with Crippen molar-refractivity contribution < 1.29 is 10.0 Å². The molecule has 0 aliphatic carbocycles. The Balaban J connectivity index is 3.96. The second-order valence-corrected chi connectivity index (χ2v) is 2.76. The van der Waals surface area contributed by atoms with E-state index in [0.717, 1.165) is 0 Å². The fourth-order valence-electron chi connectivity index (χ4n) is 0.966. The van der Waals surface area contributed by atoms with E-state index in [-0.39, 0.29) is 11.9 Å². The smallest absolute Gasteiger partial charge is 0.317 e. The number of nitrogens with two attached hydrogens (primary N) is 1. The molecule has 0 heterocycles. The molecule has 14 heavy (non-hydrogen) atoms. The number of carbonyl (C=O) groups is 1. The summed E-state index contributed by atoms with van der Waals surface area (Å²) in [6.45, 7) is 5.39. The lowest BCUT2D eigenvalue weighted by atomic mass is 10.3. The molecule has 0 aromatic rings. The van der Waals surface area contributed by atoms with Crippen LogP contribution in [0.1, 0.15) is 20.3 Å². The van der Waals surface area contributed by atoms with Crippen LogP contribution in [0, 0.1) is 0 Å². The van der Waals surface area contributed by atoms with Crippen LogP contribution in [-0.4, -0.2) is 41.6 Å². The number of carbonyl (C=O) groups excluding carboxylic acids is 1. The Morgan fingerprint density at radius 1 is 1.57 bits per heavy atom. The molecule has 0 radical (unpaired) electrons. The van der Waals surface area contributed by atoms with Gasteiger partial charge in [0.25, 0.3) is 0 Å². The van der Waals surface area contributed by atoms with Gasteiger partial charge in [0.2, 0.25) is 0 Å². The molecule has 0 rings (SSSR count). The lowest BCUT2D eigenvalue weighted by Gasteiger charge is -2.20. The lowest BCUT2D eigenvalue weighted by molar-refractivity contribution is 0.202. The summed E-state index contributed by atoms with van der Waals surface area (Å²) >= 11 is 0. The zero-order valence-electron chi connectivity index (χ0n) is 8.66. The van der Waals surface area contributed by atoms with Gasteiger partial charge in [-0.2, -0.15) is 0 Å². The summed E-state index contributed by atoms with van der Waals surface area (Å²) in [5.74, 6) is 0.132. The van der Waals surface area contributed by atoms with Gasteiger partial charge in [0.15, 0.2) is 0 Å². The van der Waals surface area contributed by atoms with Crippen LogP contribution in [0.15, 0.2) is 5.16 Å². The highest BCUT2D eigenvalue weighted by molar-refractivity contribution is 5.80. The average Bonchev–Trinajstić information content (AvgIpc) is 2.18. The number of nitrogens with zero attached hydrogens (tertiary/aromatic N) is 2. The highest BCUT2D eigenvalue weighted by Crippen LogP contribution is 1.92.